The van der Waals surface area contributed by atoms with E-state index in [1.165, 1.54) is 6.20 Å². The lowest BCUT2D eigenvalue weighted by molar-refractivity contribution is -0.121. The van der Waals surface area contributed by atoms with Crippen molar-refractivity contribution in [3.63, 3.8) is 0 Å². The highest BCUT2D eigenvalue weighted by Crippen LogP contribution is 2.28. The second-order valence-electron chi connectivity index (χ2n) is 8.95. The van der Waals surface area contributed by atoms with Gasteiger partial charge in [-0.3, -0.25) is 14.6 Å². The minimum absolute atomic E-state index is 0.0515. The normalized spacial score (nSPS) is 14.9. The van der Waals surface area contributed by atoms with Crippen LogP contribution in [0.5, 0.6) is 5.75 Å². The number of hydrogen-bond donors (Lipinski definition) is 2. The molecule has 0 saturated heterocycles. The van der Waals surface area contributed by atoms with E-state index >= 15 is 0 Å². The Bertz CT molecular complexity index is 1220. The standard InChI is InChI=1S/C23H28N4O5S/c1-14(2)18(28)11-17-10-15(8-9-25-17)22(29)26-23(3,4)13-32-19-7-5-6-16-12-33(30,31)27-21(24)20(16)19/h5-10,14H,11-13H2,1-4H3,(H2,24,27)(H,26,29). The van der Waals surface area contributed by atoms with Crippen LogP contribution in [0.1, 0.15) is 54.9 Å². The van der Waals surface area contributed by atoms with E-state index in [9.17, 15) is 18.0 Å². The molecule has 3 rings (SSSR count). The number of pyridine rings is 1. The number of fused-ring (bicyclic) bond motifs is 1. The lowest BCUT2D eigenvalue weighted by Crippen LogP contribution is -2.48. The van der Waals surface area contributed by atoms with Gasteiger partial charge < -0.3 is 15.8 Å². The van der Waals surface area contributed by atoms with Crippen LogP contribution in [0.3, 0.4) is 0 Å². The summed E-state index contributed by atoms with van der Waals surface area (Å²) in [5.41, 5.74) is 7.00. The highest BCUT2D eigenvalue weighted by Gasteiger charge is 2.27. The predicted molar refractivity (Wildman–Crippen MR) is 125 cm³/mol. The fourth-order valence-corrected chi connectivity index (χ4v) is 4.39. The number of nitrogens with one attached hydrogen (secondary N) is 1. The van der Waals surface area contributed by atoms with Crippen LogP contribution in [0.4, 0.5) is 0 Å². The first-order valence-corrected chi connectivity index (χ1v) is 12.1. The average molecular weight is 473 g/mol. The molecule has 176 valence electrons. The number of carbonyl (C=O) groups is 2. The van der Waals surface area contributed by atoms with Crippen LogP contribution < -0.4 is 15.8 Å². The highest BCUT2D eigenvalue weighted by atomic mass is 32.2. The number of nitrogens with two attached hydrogens (primary N) is 1. The molecular weight excluding hydrogens is 444 g/mol. The van der Waals surface area contributed by atoms with Crippen LogP contribution in [0.25, 0.3) is 0 Å². The molecule has 10 heteroatoms. The van der Waals surface area contributed by atoms with Crippen LogP contribution in [-0.4, -0.2) is 43.1 Å². The molecule has 33 heavy (non-hydrogen) atoms. The molecular formula is C23H28N4O5S. The number of sulfonamides is 1. The molecule has 0 saturated carbocycles. The van der Waals surface area contributed by atoms with Gasteiger partial charge in [0.15, 0.2) is 0 Å². The summed E-state index contributed by atoms with van der Waals surface area (Å²) in [6.07, 6.45) is 1.68. The van der Waals surface area contributed by atoms with Crippen molar-refractivity contribution in [2.45, 2.75) is 45.4 Å². The van der Waals surface area contributed by atoms with Crippen molar-refractivity contribution in [1.29, 1.82) is 0 Å². The number of benzene rings is 1. The van der Waals surface area contributed by atoms with Crippen LogP contribution in [0, 0.1) is 5.92 Å². The molecule has 1 aliphatic rings. The van der Waals surface area contributed by atoms with E-state index in [0.29, 0.717) is 28.1 Å². The largest absolute Gasteiger partial charge is 0.490 e. The third kappa shape index (κ3) is 6.16. The summed E-state index contributed by atoms with van der Waals surface area (Å²) >= 11 is 0. The molecule has 2 heterocycles. The number of amides is 1. The van der Waals surface area contributed by atoms with Gasteiger partial charge in [0.25, 0.3) is 15.9 Å². The fourth-order valence-electron chi connectivity index (χ4n) is 3.30. The molecule has 1 aliphatic heterocycles. The molecule has 1 aromatic heterocycles. The minimum Gasteiger partial charge on any atom is -0.490 e. The number of nitrogens with zero attached hydrogens (tertiary/aromatic N) is 2. The molecule has 0 unspecified atom stereocenters. The van der Waals surface area contributed by atoms with E-state index < -0.39 is 15.6 Å². The fraction of sp³-hybridized carbons (Fsp3) is 0.391. The van der Waals surface area contributed by atoms with Crippen molar-refractivity contribution in [1.82, 2.24) is 10.3 Å². The van der Waals surface area contributed by atoms with Gasteiger partial charge in [0.05, 0.1) is 16.9 Å². The van der Waals surface area contributed by atoms with E-state index in [1.807, 2.05) is 13.8 Å². The Morgan fingerprint density at radius 3 is 2.67 bits per heavy atom. The zero-order chi connectivity index (χ0) is 24.4. The molecule has 0 aliphatic carbocycles. The first-order valence-electron chi connectivity index (χ1n) is 10.5. The van der Waals surface area contributed by atoms with Gasteiger partial charge in [0.2, 0.25) is 0 Å². The van der Waals surface area contributed by atoms with Gasteiger partial charge in [0, 0.05) is 29.8 Å². The van der Waals surface area contributed by atoms with Crippen LogP contribution in [-0.2, 0) is 27.0 Å². The Hall–Kier alpha value is -3.27. The van der Waals surface area contributed by atoms with Gasteiger partial charge >= 0.3 is 0 Å². The quantitative estimate of drug-likeness (QED) is 0.598. The number of aromatic nitrogens is 1. The smallest absolute Gasteiger partial charge is 0.259 e. The number of ether oxygens (including phenoxy) is 1. The van der Waals surface area contributed by atoms with Crippen molar-refractivity contribution in [3.05, 3.63) is 58.9 Å². The minimum atomic E-state index is -3.64. The molecule has 0 atom stereocenters. The predicted octanol–water partition coefficient (Wildman–Crippen LogP) is 1.99. The lowest BCUT2D eigenvalue weighted by Gasteiger charge is -2.27. The highest BCUT2D eigenvalue weighted by molar-refractivity contribution is 7.89. The van der Waals surface area contributed by atoms with Crippen molar-refractivity contribution in [2.75, 3.05) is 6.61 Å². The molecule has 1 amide bonds. The monoisotopic (exact) mass is 472 g/mol. The molecule has 3 N–H and O–H groups in total. The van der Waals surface area contributed by atoms with Gasteiger partial charge in [-0.2, -0.15) is 0 Å². The molecule has 2 aromatic rings. The average Bonchev–Trinajstić information content (AvgIpc) is 2.71. The summed E-state index contributed by atoms with van der Waals surface area (Å²) in [6.45, 7) is 7.34. The maximum absolute atomic E-state index is 12.8. The van der Waals surface area contributed by atoms with E-state index in [4.69, 9.17) is 10.5 Å². The van der Waals surface area contributed by atoms with Crippen LogP contribution in [0.15, 0.2) is 40.9 Å². The van der Waals surface area contributed by atoms with Gasteiger partial charge in [0.1, 0.15) is 24.0 Å². The molecule has 0 radical (unpaired) electrons. The van der Waals surface area contributed by atoms with Crippen LogP contribution in [0.2, 0.25) is 0 Å². The molecule has 1 aromatic carbocycles. The maximum atomic E-state index is 12.8. The van der Waals surface area contributed by atoms with E-state index in [0.717, 1.165) is 0 Å². The number of Topliss-reactive ketones (excluding diaryl/α,β-unsaturated/α-hetero) is 1. The van der Waals surface area contributed by atoms with Gasteiger partial charge in [-0.25, -0.2) is 8.42 Å². The summed E-state index contributed by atoms with van der Waals surface area (Å²) in [5.74, 6) is -0.354. The zero-order valence-corrected chi connectivity index (χ0v) is 19.9. The number of carbonyl (C=O) groups excluding carboxylic acids is 2. The Kier molecular flexibility index (Phi) is 6.87. The third-order valence-electron chi connectivity index (χ3n) is 5.06. The Morgan fingerprint density at radius 1 is 1.24 bits per heavy atom. The first-order chi connectivity index (χ1) is 15.4. The number of rotatable bonds is 8. The van der Waals surface area contributed by atoms with Gasteiger partial charge in [-0.05, 0) is 37.6 Å². The molecule has 0 spiro atoms. The number of hydrogen-bond acceptors (Lipinski definition) is 7. The third-order valence-corrected chi connectivity index (χ3v) is 6.21. The second kappa shape index (κ2) is 9.30. The summed E-state index contributed by atoms with van der Waals surface area (Å²) in [5, 5.41) is 2.92. The molecule has 0 bridgehead atoms. The first kappa shape index (κ1) is 24.4. The zero-order valence-electron chi connectivity index (χ0n) is 19.1. The Morgan fingerprint density at radius 2 is 1.97 bits per heavy atom. The lowest BCUT2D eigenvalue weighted by atomic mass is 10.0. The van der Waals surface area contributed by atoms with Crippen molar-refractivity contribution in [3.8, 4) is 5.75 Å². The van der Waals surface area contributed by atoms with E-state index in [1.54, 1.807) is 44.2 Å². The SMILES string of the molecule is CC(C)C(=O)Cc1cc(C(=O)NC(C)(C)COc2cccc3c2C(N)=NS(=O)(=O)C3)ccn1. The number of amidine groups is 1. The van der Waals surface area contributed by atoms with E-state index in [2.05, 4.69) is 14.7 Å². The van der Waals surface area contributed by atoms with Crippen molar-refractivity contribution >= 4 is 27.5 Å². The van der Waals surface area contributed by atoms with Crippen molar-refractivity contribution in [2.24, 2.45) is 16.0 Å². The van der Waals surface area contributed by atoms with E-state index in [-0.39, 0.29) is 42.2 Å². The Balaban J connectivity index is 1.70. The summed E-state index contributed by atoms with van der Waals surface area (Å²) in [4.78, 5) is 29.0. The molecule has 0 fully saturated rings. The molecule has 9 nitrogen and oxygen atoms in total. The Labute approximate surface area is 193 Å². The van der Waals surface area contributed by atoms with Gasteiger partial charge in [-0.15, -0.1) is 4.40 Å². The topological polar surface area (TPSA) is 141 Å². The second-order valence-corrected chi connectivity index (χ2v) is 10.6. The summed E-state index contributed by atoms with van der Waals surface area (Å²) in [6, 6.07) is 8.22. The number of ketones is 1. The summed E-state index contributed by atoms with van der Waals surface area (Å²) < 4.78 is 33.2. The van der Waals surface area contributed by atoms with Crippen molar-refractivity contribution < 1.29 is 22.7 Å². The van der Waals surface area contributed by atoms with Crippen LogP contribution >= 0.6 is 0 Å². The maximum Gasteiger partial charge on any atom is 0.259 e. The summed E-state index contributed by atoms with van der Waals surface area (Å²) in [7, 11) is -3.64. The van der Waals surface area contributed by atoms with Gasteiger partial charge in [-0.1, -0.05) is 26.0 Å².